The van der Waals surface area contributed by atoms with Crippen molar-refractivity contribution in [2.45, 2.75) is 51.4 Å². The lowest BCUT2D eigenvalue weighted by molar-refractivity contribution is 0.588. The van der Waals surface area contributed by atoms with Crippen LogP contribution in [0.4, 0.5) is 0 Å². The minimum Gasteiger partial charge on any atom is -0.0817 e. The lowest BCUT2D eigenvalue weighted by Crippen LogP contribution is -1.83. The van der Waals surface area contributed by atoms with Gasteiger partial charge in [-0.3, -0.25) is 0 Å². The van der Waals surface area contributed by atoms with E-state index < -0.39 is 0 Å². The molecule has 0 aromatic carbocycles. The van der Waals surface area contributed by atoms with Gasteiger partial charge in [0.1, 0.15) is 0 Å². The topological polar surface area (TPSA) is 0 Å². The summed E-state index contributed by atoms with van der Waals surface area (Å²) in [5.41, 5.74) is 0. The molecule has 1 saturated heterocycles. The summed E-state index contributed by atoms with van der Waals surface area (Å²) in [6, 6.07) is 0. The standard InChI is InChI=1S/C10H20S10/c1-2-4-6-8-10-12-14-16-18-20-19-17-15-13-11-9-7-5-3-1/h1-10H2. The van der Waals surface area contributed by atoms with Crippen molar-refractivity contribution >= 4 is 100 Å². The van der Waals surface area contributed by atoms with Crippen LogP contribution in [-0.4, -0.2) is 11.5 Å². The fraction of sp³-hybridized carbons (Fsp3) is 1.00. The van der Waals surface area contributed by atoms with Crippen LogP contribution in [0.15, 0.2) is 0 Å². The van der Waals surface area contributed by atoms with E-state index >= 15 is 0 Å². The Kier molecular flexibility index (Phi) is 20.3. The van der Waals surface area contributed by atoms with Gasteiger partial charge in [0.25, 0.3) is 0 Å². The molecule has 0 unspecified atom stereocenters. The third-order valence-electron chi connectivity index (χ3n) is 2.50. The van der Waals surface area contributed by atoms with Crippen molar-refractivity contribution < 1.29 is 0 Å². The molecule has 120 valence electrons. The van der Waals surface area contributed by atoms with Crippen LogP contribution in [0, 0.1) is 0 Å². The number of hydrogen-bond acceptors (Lipinski definition) is 10. The molecule has 0 atom stereocenters. The molecule has 1 aliphatic rings. The van der Waals surface area contributed by atoms with E-state index in [0.717, 1.165) is 0 Å². The maximum atomic E-state index is 2.02. The molecule has 0 aromatic heterocycles. The van der Waals surface area contributed by atoms with Gasteiger partial charge in [0, 0.05) is 11.5 Å². The molecule has 0 N–H and O–H groups in total. The lowest BCUT2D eigenvalue weighted by Gasteiger charge is -2.03. The van der Waals surface area contributed by atoms with Crippen molar-refractivity contribution in [2.75, 3.05) is 11.5 Å². The highest BCUT2D eigenvalue weighted by Gasteiger charge is 1.99. The zero-order valence-electron chi connectivity index (χ0n) is 11.2. The fourth-order valence-electron chi connectivity index (χ4n) is 1.56. The second-order valence-corrected chi connectivity index (χ2v) is 20.9. The van der Waals surface area contributed by atoms with E-state index in [1.807, 2.05) is 100 Å². The Morgan fingerprint density at radius 2 is 0.600 bits per heavy atom. The van der Waals surface area contributed by atoms with E-state index in [1.54, 1.807) is 0 Å². The summed E-state index contributed by atoms with van der Waals surface area (Å²) in [6.45, 7) is 0. The van der Waals surface area contributed by atoms with Gasteiger partial charge in [-0.25, -0.2) is 0 Å². The molecule has 1 aliphatic heterocycles. The summed E-state index contributed by atoms with van der Waals surface area (Å²) in [6.07, 6.45) is 11.4. The van der Waals surface area contributed by atoms with Gasteiger partial charge in [0.05, 0.1) is 0 Å². The van der Waals surface area contributed by atoms with Crippen molar-refractivity contribution in [2.24, 2.45) is 0 Å². The van der Waals surface area contributed by atoms with E-state index in [2.05, 4.69) is 0 Å². The van der Waals surface area contributed by atoms with E-state index in [1.165, 1.54) is 62.9 Å². The predicted octanol–water partition coefficient (Wildman–Crippen LogP) is 9.69. The molecule has 0 radical (unpaired) electrons. The summed E-state index contributed by atoms with van der Waals surface area (Å²) in [5.74, 6) is 2.63. The second-order valence-electron chi connectivity index (χ2n) is 4.02. The third-order valence-corrected chi connectivity index (χ3v) is 22.5. The molecule has 0 saturated carbocycles. The first kappa shape index (κ1) is 21.5. The number of rotatable bonds is 0. The number of hydrogen-bond donors (Lipinski definition) is 0. The highest BCUT2D eigenvalue weighted by Crippen LogP contribution is 2.59. The Balaban J connectivity index is 2.00. The van der Waals surface area contributed by atoms with Gasteiger partial charge >= 0.3 is 0 Å². The molecule has 0 aromatic rings. The van der Waals surface area contributed by atoms with Crippen LogP contribution in [0.3, 0.4) is 0 Å². The molecule has 1 heterocycles. The molecule has 0 spiro atoms. The Morgan fingerprint density at radius 1 is 0.300 bits per heavy atom. The summed E-state index contributed by atoms with van der Waals surface area (Å²) < 4.78 is 0. The largest absolute Gasteiger partial charge is 0.0817 e. The monoisotopic (exact) mass is 460 g/mol. The molecular weight excluding hydrogens is 441 g/mol. The maximum absolute atomic E-state index is 2.02. The second kappa shape index (κ2) is 18.8. The molecule has 0 nitrogen and oxygen atoms in total. The van der Waals surface area contributed by atoms with Crippen LogP contribution >= 0.6 is 100 Å². The van der Waals surface area contributed by atoms with Crippen molar-refractivity contribution in [3.05, 3.63) is 0 Å². The molecule has 20 heavy (non-hydrogen) atoms. The Labute approximate surface area is 161 Å². The highest BCUT2D eigenvalue weighted by atomic mass is 34.0. The summed E-state index contributed by atoms with van der Waals surface area (Å²) >= 11 is 0. The van der Waals surface area contributed by atoms with Gasteiger partial charge in [0.2, 0.25) is 0 Å². The predicted molar refractivity (Wildman–Crippen MR) is 123 cm³/mol. The normalized spacial score (nSPS) is 24.0. The van der Waals surface area contributed by atoms with Crippen molar-refractivity contribution in [1.29, 1.82) is 0 Å². The van der Waals surface area contributed by atoms with Crippen LogP contribution in [0.5, 0.6) is 0 Å². The lowest BCUT2D eigenvalue weighted by atomic mass is 10.1. The van der Waals surface area contributed by atoms with Crippen LogP contribution < -0.4 is 0 Å². The smallest absolute Gasteiger partial charge is 0.00454 e. The molecule has 0 aliphatic carbocycles. The van der Waals surface area contributed by atoms with Gasteiger partial charge in [-0.05, 0) is 91.4 Å². The average Bonchev–Trinajstić information content (AvgIpc) is 2.46. The van der Waals surface area contributed by atoms with Crippen molar-refractivity contribution in [3.63, 3.8) is 0 Å². The summed E-state index contributed by atoms with van der Waals surface area (Å²) in [4.78, 5) is 0. The first-order valence-electron chi connectivity index (χ1n) is 6.58. The van der Waals surface area contributed by atoms with Gasteiger partial charge in [0.15, 0.2) is 0 Å². The average molecular weight is 461 g/mol. The van der Waals surface area contributed by atoms with E-state index in [4.69, 9.17) is 0 Å². The van der Waals surface area contributed by atoms with Crippen LogP contribution in [0.1, 0.15) is 51.4 Å². The third kappa shape index (κ3) is 16.4. The fourth-order valence-corrected chi connectivity index (χ4v) is 24.3. The minimum absolute atomic E-state index is 1.31. The Hall–Kier alpha value is 3.50. The zero-order valence-corrected chi connectivity index (χ0v) is 19.3. The van der Waals surface area contributed by atoms with E-state index in [9.17, 15) is 0 Å². The summed E-state index contributed by atoms with van der Waals surface area (Å²) in [7, 11) is 19.3. The maximum Gasteiger partial charge on any atom is 0.00454 e. The Bertz CT molecular complexity index is 106. The van der Waals surface area contributed by atoms with E-state index in [0.29, 0.717) is 0 Å². The Morgan fingerprint density at radius 3 is 1.00 bits per heavy atom. The van der Waals surface area contributed by atoms with Gasteiger partial charge < -0.3 is 0 Å². The van der Waals surface area contributed by atoms with Gasteiger partial charge in [-0.1, -0.05) is 60.1 Å². The van der Waals surface area contributed by atoms with Crippen molar-refractivity contribution in [1.82, 2.24) is 0 Å². The molecule has 1 fully saturated rings. The van der Waals surface area contributed by atoms with Gasteiger partial charge in [-0.2, -0.15) is 0 Å². The SMILES string of the molecule is C1CCCCCSSSSSSSSSSCCCC1. The van der Waals surface area contributed by atoms with Gasteiger partial charge in [-0.15, -0.1) is 0 Å². The molecular formula is C10H20S10. The molecule has 1 rings (SSSR count). The quantitative estimate of drug-likeness (QED) is 0.319. The van der Waals surface area contributed by atoms with Crippen LogP contribution in [0.25, 0.3) is 0 Å². The molecule has 0 bridgehead atoms. The zero-order chi connectivity index (χ0) is 14.1. The molecule has 10 heteroatoms. The molecule has 0 amide bonds. The van der Waals surface area contributed by atoms with Crippen molar-refractivity contribution in [3.8, 4) is 0 Å². The highest BCUT2D eigenvalue weighted by molar-refractivity contribution is 9.52. The minimum atomic E-state index is 1.31. The van der Waals surface area contributed by atoms with Crippen LogP contribution in [-0.2, 0) is 0 Å². The first-order valence-corrected chi connectivity index (χ1v) is 19.7. The van der Waals surface area contributed by atoms with Crippen LogP contribution in [0.2, 0.25) is 0 Å². The van der Waals surface area contributed by atoms with E-state index in [-0.39, 0.29) is 0 Å². The summed E-state index contributed by atoms with van der Waals surface area (Å²) in [5, 5.41) is 0. The first-order chi connectivity index (χ1) is 10.0.